The number of fused-ring (bicyclic) bond motifs is 1. The highest BCUT2D eigenvalue weighted by atomic mass is 16.6. The number of anilines is 1. The van der Waals surface area contributed by atoms with Gasteiger partial charge in [0.25, 0.3) is 0 Å². The zero-order valence-electron chi connectivity index (χ0n) is 15.2. The number of aromatic nitrogens is 1. The third-order valence-corrected chi connectivity index (χ3v) is 5.02. The molecular weight excluding hydrogens is 344 g/mol. The number of likely N-dealkylation sites (tertiary alicyclic amines) is 1. The molecule has 0 saturated carbocycles. The molecule has 4 rings (SSSR count). The maximum atomic E-state index is 12.6. The summed E-state index contributed by atoms with van der Waals surface area (Å²) in [6, 6.07) is 13.1. The molecule has 7 nitrogen and oxygen atoms in total. The molecule has 1 N–H and O–H groups in total. The third-order valence-electron chi connectivity index (χ3n) is 5.02. The van der Waals surface area contributed by atoms with Crippen LogP contribution in [0.25, 0.3) is 0 Å². The lowest BCUT2D eigenvalue weighted by Gasteiger charge is -2.22. The normalized spacial score (nSPS) is 21.1. The Hall–Kier alpha value is -3.09. The second-order valence-electron chi connectivity index (χ2n) is 6.96. The topological polar surface area (TPSA) is 74.8 Å². The van der Waals surface area contributed by atoms with E-state index in [4.69, 9.17) is 4.74 Å². The van der Waals surface area contributed by atoms with E-state index in [1.807, 2.05) is 49.4 Å². The number of amides is 3. The van der Waals surface area contributed by atoms with Gasteiger partial charge in [0.2, 0.25) is 0 Å². The van der Waals surface area contributed by atoms with E-state index in [9.17, 15) is 9.59 Å². The van der Waals surface area contributed by atoms with Gasteiger partial charge in [0.1, 0.15) is 6.10 Å². The van der Waals surface area contributed by atoms with Gasteiger partial charge in [0.15, 0.2) is 0 Å². The number of urea groups is 1. The standard InChI is InChI=1S/C20H22N4O3/c1-14-5-4-7-16(11-14)22-19(25)23-12-17-18(13-23)27-20(26)24(17)10-8-15-6-2-3-9-21-15/h2-7,9,11,17-18H,8,10,12-13H2,1H3,(H,22,25)/t17-,18+/m1/s1. The summed E-state index contributed by atoms with van der Waals surface area (Å²) >= 11 is 0. The molecule has 0 unspecified atom stereocenters. The first-order valence-electron chi connectivity index (χ1n) is 9.10. The minimum Gasteiger partial charge on any atom is -0.442 e. The van der Waals surface area contributed by atoms with Crippen LogP contribution in [0, 0.1) is 6.92 Å². The van der Waals surface area contributed by atoms with Crippen LogP contribution in [0.1, 0.15) is 11.3 Å². The molecule has 2 aliphatic rings. The fourth-order valence-corrected chi connectivity index (χ4v) is 3.63. The zero-order chi connectivity index (χ0) is 18.8. The molecule has 0 radical (unpaired) electrons. The molecule has 27 heavy (non-hydrogen) atoms. The van der Waals surface area contributed by atoms with Crippen LogP contribution in [-0.4, -0.2) is 58.7 Å². The number of pyridine rings is 1. The molecule has 0 bridgehead atoms. The highest BCUT2D eigenvalue weighted by Crippen LogP contribution is 2.27. The van der Waals surface area contributed by atoms with Gasteiger partial charge < -0.3 is 15.0 Å². The summed E-state index contributed by atoms with van der Waals surface area (Å²) in [7, 11) is 0. The Morgan fingerprint density at radius 1 is 1.26 bits per heavy atom. The van der Waals surface area contributed by atoms with Crippen LogP contribution >= 0.6 is 0 Å². The summed E-state index contributed by atoms with van der Waals surface area (Å²) in [5.41, 5.74) is 2.78. The Kier molecular flexibility index (Phi) is 4.66. The van der Waals surface area contributed by atoms with Crippen LogP contribution in [0.4, 0.5) is 15.3 Å². The Labute approximate surface area is 157 Å². The second-order valence-corrected chi connectivity index (χ2v) is 6.96. The summed E-state index contributed by atoms with van der Waals surface area (Å²) in [5, 5.41) is 2.92. The Bertz CT molecular complexity index is 842. The molecule has 0 spiro atoms. The lowest BCUT2D eigenvalue weighted by Crippen LogP contribution is -2.41. The highest BCUT2D eigenvalue weighted by molar-refractivity contribution is 5.90. The number of hydrogen-bond acceptors (Lipinski definition) is 4. The van der Waals surface area contributed by atoms with Crippen molar-refractivity contribution >= 4 is 17.8 Å². The fourth-order valence-electron chi connectivity index (χ4n) is 3.63. The molecule has 1 aromatic heterocycles. The average molecular weight is 366 g/mol. The van der Waals surface area contributed by atoms with Gasteiger partial charge >= 0.3 is 12.1 Å². The van der Waals surface area contributed by atoms with E-state index in [1.165, 1.54) is 0 Å². The number of benzene rings is 1. The van der Waals surface area contributed by atoms with E-state index in [0.29, 0.717) is 26.1 Å². The van der Waals surface area contributed by atoms with E-state index in [1.54, 1.807) is 16.0 Å². The number of carbonyl (C=O) groups is 2. The molecule has 7 heteroatoms. The monoisotopic (exact) mass is 366 g/mol. The van der Waals surface area contributed by atoms with Crippen LogP contribution < -0.4 is 5.32 Å². The lowest BCUT2D eigenvalue weighted by atomic mass is 10.2. The maximum absolute atomic E-state index is 12.6. The van der Waals surface area contributed by atoms with Crippen LogP contribution in [0.15, 0.2) is 48.7 Å². The van der Waals surface area contributed by atoms with Gasteiger partial charge in [0.05, 0.1) is 12.6 Å². The van der Waals surface area contributed by atoms with Gasteiger partial charge in [0, 0.05) is 37.1 Å². The van der Waals surface area contributed by atoms with E-state index in [-0.39, 0.29) is 24.3 Å². The minimum atomic E-state index is -0.306. The molecule has 2 fully saturated rings. The van der Waals surface area contributed by atoms with Crippen molar-refractivity contribution in [3.8, 4) is 0 Å². The number of carbonyl (C=O) groups excluding carboxylic acids is 2. The van der Waals surface area contributed by atoms with Crippen LogP contribution in [0.2, 0.25) is 0 Å². The van der Waals surface area contributed by atoms with Crippen molar-refractivity contribution in [3.63, 3.8) is 0 Å². The van der Waals surface area contributed by atoms with Gasteiger partial charge in [-0.2, -0.15) is 0 Å². The predicted molar refractivity (Wildman–Crippen MR) is 100 cm³/mol. The molecule has 2 atom stereocenters. The third kappa shape index (κ3) is 3.72. The summed E-state index contributed by atoms with van der Waals surface area (Å²) < 4.78 is 5.48. The molecule has 140 valence electrons. The lowest BCUT2D eigenvalue weighted by molar-refractivity contribution is 0.124. The second kappa shape index (κ2) is 7.26. The van der Waals surface area contributed by atoms with E-state index in [0.717, 1.165) is 16.9 Å². The van der Waals surface area contributed by atoms with Crippen molar-refractivity contribution in [1.29, 1.82) is 0 Å². The summed E-state index contributed by atoms with van der Waals surface area (Å²) in [5.74, 6) is 0. The van der Waals surface area contributed by atoms with Gasteiger partial charge in [-0.1, -0.05) is 18.2 Å². The Morgan fingerprint density at radius 2 is 2.15 bits per heavy atom. The van der Waals surface area contributed by atoms with Crippen LogP contribution in [0.5, 0.6) is 0 Å². The Morgan fingerprint density at radius 3 is 2.93 bits per heavy atom. The molecule has 2 aromatic rings. The number of aryl methyl sites for hydroxylation is 1. The van der Waals surface area contributed by atoms with Crippen molar-refractivity contribution < 1.29 is 14.3 Å². The minimum absolute atomic E-state index is 0.107. The molecule has 1 aromatic carbocycles. The summed E-state index contributed by atoms with van der Waals surface area (Å²) in [6.45, 7) is 3.39. The average Bonchev–Trinajstić information content (AvgIpc) is 3.18. The van der Waals surface area contributed by atoms with Crippen LogP contribution in [-0.2, 0) is 11.2 Å². The first-order valence-corrected chi connectivity index (χ1v) is 9.10. The Balaban J connectivity index is 1.37. The first kappa shape index (κ1) is 17.3. The molecule has 3 amide bonds. The molecule has 0 aliphatic carbocycles. The first-order chi connectivity index (χ1) is 13.1. The van der Waals surface area contributed by atoms with Crippen molar-refractivity contribution in [2.75, 3.05) is 25.0 Å². The van der Waals surface area contributed by atoms with Crippen molar-refractivity contribution in [3.05, 3.63) is 59.9 Å². The fraction of sp³-hybridized carbons (Fsp3) is 0.350. The van der Waals surface area contributed by atoms with Gasteiger partial charge in [-0.05, 0) is 36.8 Å². The quantitative estimate of drug-likeness (QED) is 0.903. The van der Waals surface area contributed by atoms with Crippen molar-refractivity contribution in [2.24, 2.45) is 0 Å². The number of ether oxygens (including phenoxy) is 1. The van der Waals surface area contributed by atoms with E-state index < -0.39 is 0 Å². The van der Waals surface area contributed by atoms with Crippen molar-refractivity contribution in [2.45, 2.75) is 25.5 Å². The van der Waals surface area contributed by atoms with Gasteiger partial charge in [-0.25, -0.2) is 9.59 Å². The zero-order valence-corrected chi connectivity index (χ0v) is 15.2. The number of rotatable bonds is 4. The maximum Gasteiger partial charge on any atom is 0.410 e. The van der Waals surface area contributed by atoms with E-state index >= 15 is 0 Å². The molecule has 2 aliphatic heterocycles. The van der Waals surface area contributed by atoms with Crippen LogP contribution in [0.3, 0.4) is 0 Å². The van der Waals surface area contributed by atoms with Crippen molar-refractivity contribution in [1.82, 2.24) is 14.8 Å². The summed E-state index contributed by atoms with van der Waals surface area (Å²) in [4.78, 5) is 32.5. The predicted octanol–water partition coefficient (Wildman–Crippen LogP) is 2.67. The van der Waals surface area contributed by atoms with Gasteiger partial charge in [-0.3, -0.25) is 9.88 Å². The number of nitrogens with zero attached hydrogens (tertiary/aromatic N) is 3. The molecule has 2 saturated heterocycles. The summed E-state index contributed by atoms with van der Waals surface area (Å²) in [6.07, 6.45) is 1.83. The molecular formula is C20H22N4O3. The SMILES string of the molecule is Cc1cccc(NC(=O)N2C[C@@H]3OC(=O)N(CCc4ccccn4)[C@@H]3C2)c1. The highest BCUT2D eigenvalue weighted by Gasteiger charge is 2.48. The number of nitrogens with one attached hydrogen (secondary N) is 1. The largest absolute Gasteiger partial charge is 0.442 e. The van der Waals surface area contributed by atoms with E-state index in [2.05, 4.69) is 10.3 Å². The smallest absolute Gasteiger partial charge is 0.410 e. The molecule has 3 heterocycles. The van der Waals surface area contributed by atoms with Gasteiger partial charge in [-0.15, -0.1) is 0 Å². The number of hydrogen-bond donors (Lipinski definition) is 1.